The van der Waals surface area contributed by atoms with Crippen molar-refractivity contribution in [2.24, 2.45) is 0 Å². The zero-order valence-corrected chi connectivity index (χ0v) is 10.2. The summed E-state index contributed by atoms with van der Waals surface area (Å²) in [4.78, 5) is 11.8. The van der Waals surface area contributed by atoms with Crippen molar-refractivity contribution in [3.63, 3.8) is 0 Å². The molecule has 0 amide bonds. The first-order valence-corrected chi connectivity index (χ1v) is 6.17. The number of ketones is 1. The molecule has 0 radical (unpaired) electrons. The van der Waals surface area contributed by atoms with E-state index < -0.39 is 0 Å². The molecule has 1 aliphatic rings. The van der Waals surface area contributed by atoms with Crippen molar-refractivity contribution in [3.8, 4) is 5.75 Å². The van der Waals surface area contributed by atoms with Gasteiger partial charge in [0.2, 0.25) is 0 Å². The number of ether oxygens (including phenoxy) is 1. The van der Waals surface area contributed by atoms with Gasteiger partial charge in [0.1, 0.15) is 5.75 Å². The molecular weight excluding hydrogens is 212 g/mol. The topological polar surface area (TPSA) is 26.3 Å². The number of rotatable bonds is 2. The number of hydrogen-bond acceptors (Lipinski definition) is 2. The molecule has 0 heterocycles. The molecule has 0 unspecified atom stereocenters. The summed E-state index contributed by atoms with van der Waals surface area (Å²) in [5.74, 6) is 1.16. The molecule has 1 saturated carbocycles. The third-order valence-corrected chi connectivity index (χ3v) is 3.16. The number of hydrogen-bond donors (Lipinski definition) is 0. The van der Waals surface area contributed by atoms with E-state index in [2.05, 4.69) is 0 Å². The van der Waals surface area contributed by atoms with Crippen LogP contribution >= 0.6 is 0 Å². The van der Waals surface area contributed by atoms with Crippen molar-refractivity contribution < 1.29 is 9.53 Å². The zero-order chi connectivity index (χ0) is 12.1. The van der Waals surface area contributed by atoms with Crippen LogP contribution in [0, 0.1) is 0 Å². The smallest absolute Gasteiger partial charge is 0.158 e. The fourth-order valence-electron chi connectivity index (χ4n) is 2.13. The van der Waals surface area contributed by atoms with Gasteiger partial charge in [0.25, 0.3) is 0 Å². The standard InChI is InChI=1S/C15H18O2/c1-17-14-9-7-12(8-10-14)11-13-5-3-2-4-6-15(13)16/h7-11H,2-6H2,1H3/b13-11-. The highest BCUT2D eigenvalue weighted by Gasteiger charge is 2.12. The minimum atomic E-state index is 0.318. The van der Waals surface area contributed by atoms with Gasteiger partial charge in [-0.2, -0.15) is 0 Å². The van der Waals surface area contributed by atoms with Crippen LogP contribution in [0.4, 0.5) is 0 Å². The van der Waals surface area contributed by atoms with E-state index in [9.17, 15) is 4.79 Å². The molecule has 0 aliphatic heterocycles. The van der Waals surface area contributed by atoms with Crippen LogP contribution < -0.4 is 4.74 Å². The molecule has 0 spiro atoms. The van der Waals surface area contributed by atoms with Crippen molar-refractivity contribution in [2.45, 2.75) is 32.1 Å². The van der Waals surface area contributed by atoms with E-state index in [0.717, 1.165) is 36.1 Å². The molecule has 90 valence electrons. The summed E-state index contributed by atoms with van der Waals surface area (Å²) in [5, 5.41) is 0. The minimum absolute atomic E-state index is 0.318. The fraction of sp³-hybridized carbons (Fsp3) is 0.400. The molecule has 1 fully saturated rings. The average Bonchev–Trinajstić information content (AvgIpc) is 2.56. The lowest BCUT2D eigenvalue weighted by molar-refractivity contribution is -0.115. The summed E-state index contributed by atoms with van der Waals surface area (Å²) in [6.45, 7) is 0. The zero-order valence-electron chi connectivity index (χ0n) is 10.2. The summed E-state index contributed by atoms with van der Waals surface area (Å²) in [6, 6.07) is 7.83. The first-order chi connectivity index (χ1) is 8.29. The van der Waals surface area contributed by atoms with Gasteiger partial charge in [-0.25, -0.2) is 0 Å². The van der Waals surface area contributed by atoms with Crippen molar-refractivity contribution >= 4 is 11.9 Å². The van der Waals surface area contributed by atoms with E-state index in [0.29, 0.717) is 12.2 Å². The van der Waals surface area contributed by atoms with Crippen LogP contribution in [0.5, 0.6) is 5.75 Å². The van der Waals surface area contributed by atoms with E-state index >= 15 is 0 Å². The third-order valence-electron chi connectivity index (χ3n) is 3.16. The van der Waals surface area contributed by atoms with Crippen LogP contribution in [0.1, 0.15) is 37.7 Å². The van der Waals surface area contributed by atoms with Gasteiger partial charge >= 0.3 is 0 Å². The second-order valence-electron chi connectivity index (χ2n) is 4.43. The molecule has 0 saturated heterocycles. The molecule has 0 atom stereocenters. The van der Waals surface area contributed by atoms with E-state index in [1.54, 1.807) is 7.11 Å². The molecule has 2 heteroatoms. The Labute approximate surface area is 102 Å². The predicted octanol–water partition coefficient (Wildman–Crippen LogP) is 3.61. The van der Waals surface area contributed by atoms with Crippen molar-refractivity contribution in [1.82, 2.24) is 0 Å². The Morgan fingerprint density at radius 1 is 1.06 bits per heavy atom. The molecule has 0 N–H and O–H groups in total. The number of methoxy groups -OCH3 is 1. The Morgan fingerprint density at radius 3 is 2.47 bits per heavy atom. The first-order valence-electron chi connectivity index (χ1n) is 6.17. The highest BCUT2D eigenvalue weighted by Crippen LogP contribution is 2.22. The number of benzene rings is 1. The third kappa shape index (κ3) is 3.19. The van der Waals surface area contributed by atoms with Gasteiger partial charge < -0.3 is 4.74 Å². The van der Waals surface area contributed by atoms with Gasteiger partial charge in [-0.3, -0.25) is 4.79 Å². The van der Waals surface area contributed by atoms with Gasteiger partial charge in [-0.1, -0.05) is 18.6 Å². The van der Waals surface area contributed by atoms with Crippen LogP contribution in [-0.2, 0) is 4.79 Å². The van der Waals surface area contributed by atoms with Gasteiger partial charge in [-0.05, 0) is 48.6 Å². The van der Waals surface area contributed by atoms with Gasteiger partial charge in [0.05, 0.1) is 7.11 Å². The Bertz CT molecular complexity index is 415. The Balaban J connectivity index is 2.18. The lowest BCUT2D eigenvalue weighted by Crippen LogP contribution is -1.99. The fourth-order valence-corrected chi connectivity index (χ4v) is 2.13. The van der Waals surface area contributed by atoms with Crippen molar-refractivity contribution in [2.75, 3.05) is 7.11 Å². The molecule has 2 rings (SSSR count). The second kappa shape index (κ2) is 5.67. The monoisotopic (exact) mass is 230 g/mol. The summed E-state index contributed by atoms with van der Waals surface area (Å²) in [7, 11) is 1.66. The summed E-state index contributed by atoms with van der Waals surface area (Å²) >= 11 is 0. The number of Topliss-reactive ketones (excluding diaryl/α,β-unsaturated/α-hetero) is 1. The van der Waals surface area contributed by atoms with Crippen LogP contribution in [-0.4, -0.2) is 12.9 Å². The Morgan fingerprint density at radius 2 is 1.76 bits per heavy atom. The number of carbonyl (C=O) groups is 1. The van der Waals surface area contributed by atoms with Crippen LogP contribution in [0.3, 0.4) is 0 Å². The lowest BCUT2D eigenvalue weighted by atomic mass is 10.0. The van der Waals surface area contributed by atoms with Crippen LogP contribution in [0.25, 0.3) is 6.08 Å². The Hall–Kier alpha value is -1.57. The maximum absolute atomic E-state index is 11.8. The molecule has 1 aromatic carbocycles. The molecule has 0 aromatic heterocycles. The molecule has 0 bridgehead atoms. The van der Waals surface area contributed by atoms with Crippen molar-refractivity contribution in [3.05, 3.63) is 35.4 Å². The quantitative estimate of drug-likeness (QED) is 0.573. The molecular formula is C15H18O2. The van der Waals surface area contributed by atoms with Gasteiger partial charge in [0, 0.05) is 6.42 Å². The molecule has 17 heavy (non-hydrogen) atoms. The molecule has 1 aliphatic carbocycles. The number of allylic oxidation sites excluding steroid dienone is 1. The summed E-state index contributed by atoms with van der Waals surface area (Å²) < 4.78 is 5.11. The predicted molar refractivity (Wildman–Crippen MR) is 69.1 cm³/mol. The normalized spacial score (nSPS) is 19.1. The SMILES string of the molecule is COc1ccc(/C=C2/CCCCCC2=O)cc1. The first kappa shape index (κ1) is 11.9. The van der Waals surface area contributed by atoms with Gasteiger partial charge in [-0.15, -0.1) is 0 Å². The number of carbonyl (C=O) groups excluding carboxylic acids is 1. The second-order valence-corrected chi connectivity index (χ2v) is 4.43. The largest absolute Gasteiger partial charge is 0.497 e. The molecule has 2 nitrogen and oxygen atoms in total. The highest BCUT2D eigenvalue weighted by atomic mass is 16.5. The van der Waals surface area contributed by atoms with E-state index in [1.165, 1.54) is 6.42 Å². The average molecular weight is 230 g/mol. The maximum atomic E-state index is 11.8. The van der Waals surface area contributed by atoms with Crippen LogP contribution in [0.15, 0.2) is 29.8 Å². The lowest BCUT2D eigenvalue weighted by Gasteiger charge is -2.03. The van der Waals surface area contributed by atoms with Crippen LogP contribution in [0.2, 0.25) is 0 Å². The van der Waals surface area contributed by atoms with E-state index in [-0.39, 0.29) is 0 Å². The summed E-state index contributed by atoms with van der Waals surface area (Å²) in [5.41, 5.74) is 2.06. The summed E-state index contributed by atoms with van der Waals surface area (Å²) in [6.07, 6.45) is 7.00. The Kier molecular flexibility index (Phi) is 3.97. The van der Waals surface area contributed by atoms with E-state index in [4.69, 9.17) is 4.74 Å². The highest BCUT2D eigenvalue weighted by molar-refractivity contribution is 5.99. The van der Waals surface area contributed by atoms with E-state index in [1.807, 2.05) is 30.3 Å². The van der Waals surface area contributed by atoms with Crippen molar-refractivity contribution in [1.29, 1.82) is 0 Å². The molecule has 1 aromatic rings. The maximum Gasteiger partial charge on any atom is 0.158 e. The minimum Gasteiger partial charge on any atom is -0.497 e. The van der Waals surface area contributed by atoms with Gasteiger partial charge in [0.15, 0.2) is 5.78 Å².